The zero-order valence-electron chi connectivity index (χ0n) is 16.9. The van der Waals surface area contributed by atoms with Gasteiger partial charge in [0.05, 0.1) is 11.6 Å². The SMILES string of the molecule is CC(Oc1ccc(C(C)N(OC(=O)c2ccccc2)C(N)=O)cc1)c1ccccc1. The number of benzene rings is 3. The maximum absolute atomic E-state index is 12.3. The molecule has 6 heteroatoms. The smallest absolute Gasteiger partial charge is 0.363 e. The fraction of sp³-hybridized carbons (Fsp3) is 0.167. The Morgan fingerprint density at radius 3 is 1.93 bits per heavy atom. The molecule has 0 aromatic heterocycles. The van der Waals surface area contributed by atoms with E-state index in [4.69, 9.17) is 15.3 Å². The van der Waals surface area contributed by atoms with E-state index in [-0.39, 0.29) is 6.10 Å². The summed E-state index contributed by atoms with van der Waals surface area (Å²) in [6.07, 6.45) is -0.108. The van der Waals surface area contributed by atoms with Crippen LogP contribution in [0.2, 0.25) is 0 Å². The van der Waals surface area contributed by atoms with Crippen molar-refractivity contribution in [1.29, 1.82) is 0 Å². The Kier molecular flexibility index (Phi) is 6.70. The van der Waals surface area contributed by atoms with Gasteiger partial charge in [-0.05, 0) is 49.2 Å². The van der Waals surface area contributed by atoms with Crippen LogP contribution in [0.3, 0.4) is 0 Å². The maximum Gasteiger partial charge on any atom is 0.363 e. The van der Waals surface area contributed by atoms with E-state index < -0.39 is 18.0 Å². The molecular formula is C24H24N2O4. The molecule has 154 valence electrons. The van der Waals surface area contributed by atoms with Crippen LogP contribution in [0.1, 0.15) is 47.5 Å². The third-order valence-corrected chi connectivity index (χ3v) is 4.70. The normalized spacial score (nSPS) is 12.5. The highest BCUT2D eigenvalue weighted by molar-refractivity contribution is 5.90. The lowest BCUT2D eigenvalue weighted by Crippen LogP contribution is -2.39. The molecule has 2 atom stereocenters. The van der Waals surface area contributed by atoms with Crippen molar-refractivity contribution in [2.24, 2.45) is 5.73 Å². The summed E-state index contributed by atoms with van der Waals surface area (Å²) in [6, 6.07) is 24.1. The number of primary amides is 1. The highest BCUT2D eigenvalue weighted by atomic mass is 16.7. The molecule has 0 aliphatic rings. The molecule has 30 heavy (non-hydrogen) atoms. The monoisotopic (exact) mass is 404 g/mol. The van der Waals surface area contributed by atoms with Crippen LogP contribution in [0.25, 0.3) is 0 Å². The van der Waals surface area contributed by atoms with E-state index >= 15 is 0 Å². The third-order valence-electron chi connectivity index (χ3n) is 4.70. The highest BCUT2D eigenvalue weighted by Crippen LogP contribution is 2.26. The number of hydroxylamine groups is 2. The van der Waals surface area contributed by atoms with Crippen LogP contribution in [-0.2, 0) is 4.84 Å². The van der Waals surface area contributed by atoms with Crippen molar-refractivity contribution >= 4 is 12.0 Å². The molecule has 2 amide bonds. The van der Waals surface area contributed by atoms with Gasteiger partial charge in [0.2, 0.25) is 0 Å². The van der Waals surface area contributed by atoms with Gasteiger partial charge in [0.15, 0.2) is 0 Å². The number of carbonyl (C=O) groups excluding carboxylic acids is 2. The van der Waals surface area contributed by atoms with Crippen LogP contribution in [0.4, 0.5) is 4.79 Å². The van der Waals surface area contributed by atoms with E-state index in [1.54, 1.807) is 37.3 Å². The number of urea groups is 1. The minimum Gasteiger partial charge on any atom is -0.486 e. The molecule has 3 aromatic carbocycles. The Balaban J connectivity index is 1.68. The van der Waals surface area contributed by atoms with Gasteiger partial charge in [0.25, 0.3) is 0 Å². The van der Waals surface area contributed by atoms with E-state index in [1.165, 1.54) is 0 Å². The predicted molar refractivity (Wildman–Crippen MR) is 114 cm³/mol. The molecule has 3 rings (SSSR count). The van der Waals surface area contributed by atoms with Crippen molar-refractivity contribution in [3.05, 3.63) is 102 Å². The van der Waals surface area contributed by atoms with Crippen molar-refractivity contribution in [1.82, 2.24) is 5.06 Å². The van der Waals surface area contributed by atoms with Crippen molar-refractivity contribution in [2.75, 3.05) is 0 Å². The van der Waals surface area contributed by atoms with Crippen LogP contribution < -0.4 is 10.5 Å². The lowest BCUT2D eigenvalue weighted by molar-refractivity contribution is -0.0935. The van der Waals surface area contributed by atoms with Gasteiger partial charge in [0, 0.05) is 0 Å². The first-order chi connectivity index (χ1) is 14.5. The molecular weight excluding hydrogens is 380 g/mol. The van der Waals surface area contributed by atoms with Crippen LogP contribution in [0, 0.1) is 0 Å². The summed E-state index contributed by atoms with van der Waals surface area (Å²) in [6.45, 7) is 3.70. The van der Waals surface area contributed by atoms with Crippen molar-refractivity contribution in [3.63, 3.8) is 0 Å². The standard InChI is InChI=1S/C24H24N2O4/c1-17(26(24(25)28)30-23(27)21-11-7-4-8-12-21)19-13-15-22(16-14-19)29-18(2)20-9-5-3-6-10-20/h3-18H,1-2H3,(H2,25,28). The molecule has 0 saturated carbocycles. The summed E-state index contributed by atoms with van der Waals surface area (Å²) in [5.41, 5.74) is 7.59. The first-order valence-electron chi connectivity index (χ1n) is 9.63. The average Bonchev–Trinajstić information content (AvgIpc) is 2.78. The minimum atomic E-state index is -0.857. The Morgan fingerprint density at radius 2 is 1.37 bits per heavy atom. The lowest BCUT2D eigenvalue weighted by atomic mass is 10.1. The number of amides is 2. The number of ether oxygens (including phenoxy) is 1. The second-order valence-electron chi connectivity index (χ2n) is 6.82. The third kappa shape index (κ3) is 5.17. The molecule has 0 bridgehead atoms. The number of hydrogen-bond donors (Lipinski definition) is 1. The van der Waals surface area contributed by atoms with E-state index in [0.717, 1.165) is 16.2 Å². The molecule has 0 radical (unpaired) electrons. The number of carbonyl (C=O) groups is 2. The van der Waals surface area contributed by atoms with Crippen molar-refractivity contribution in [2.45, 2.75) is 26.0 Å². The fourth-order valence-electron chi connectivity index (χ4n) is 2.99. The predicted octanol–water partition coefficient (Wildman–Crippen LogP) is 5.04. The molecule has 0 aliphatic heterocycles. The number of nitrogens with zero attached hydrogens (tertiary/aromatic N) is 1. The molecule has 0 aliphatic carbocycles. The lowest BCUT2D eigenvalue weighted by Gasteiger charge is -2.26. The Bertz CT molecular complexity index is 975. The second kappa shape index (κ2) is 9.60. The Hall–Kier alpha value is -3.80. The first-order valence-corrected chi connectivity index (χ1v) is 9.63. The van der Waals surface area contributed by atoms with Gasteiger partial charge in [-0.2, -0.15) is 0 Å². The molecule has 3 aromatic rings. The van der Waals surface area contributed by atoms with Crippen LogP contribution >= 0.6 is 0 Å². The summed E-state index contributed by atoms with van der Waals surface area (Å²) in [4.78, 5) is 29.5. The maximum atomic E-state index is 12.3. The topological polar surface area (TPSA) is 81.9 Å². The van der Waals surface area contributed by atoms with Gasteiger partial charge in [0.1, 0.15) is 11.9 Å². The van der Waals surface area contributed by atoms with Gasteiger partial charge < -0.3 is 15.3 Å². The Morgan fingerprint density at radius 1 is 0.800 bits per heavy atom. The summed E-state index contributed by atoms with van der Waals surface area (Å²) < 4.78 is 5.97. The Labute approximate surface area is 175 Å². The van der Waals surface area contributed by atoms with E-state index in [9.17, 15) is 9.59 Å². The van der Waals surface area contributed by atoms with Crippen LogP contribution in [-0.4, -0.2) is 17.1 Å². The zero-order chi connectivity index (χ0) is 21.5. The van der Waals surface area contributed by atoms with Gasteiger partial charge in [-0.25, -0.2) is 9.59 Å². The summed E-state index contributed by atoms with van der Waals surface area (Å²) >= 11 is 0. The summed E-state index contributed by atoms with van der Waals surface area (Å²) in [7, 11) is 0. The summed E-state index contributed by atoms with van der Waals surface area (Å²) in [5, 5.41) is 0.873. The average molecular weight is 404 g/mol. The first kappa shape index (κ1) is 20.9. The molecule has 2 unspecified atom stereocenters. The van der Waals surface area contributed by atoms with Crippen LogP contribution in [0.15, 0.2) is 84.9 Å². The largest absolute Gasteiger partial charge is 0.486 e. The molecule has 0 fully saturated rings. The zero-order valence-corrected chi connectivity index (χ0v) is 16.9. The van der Waals surface area contributed by atoms with E-state index in [0.29, 0.717) is 11.3 Å². The van der Waals surface area contributed by atoms with Crippen molar-refractivity contribution < 1.29 is 19.2 Å². The van der Waals surface area contributed by atoms with Gasteiger partial charge in [-0.15, -0.1) is 5.06 Å². The van der Waals surface area contributed by atoms with Gasteiger partial charge in [-0.3, -0.25) is 0 Å². The molecule has 6 nitrogen and oxygen atoms in total. The highest BCUT2D eigenvalue weighted by Gasteiger charge is 2.25. The molecule has 0 spiro atoms. The van der Waals surface area contributed by atoms with Gasteiger partial charge >= 0.3 is 12.0 Å². The van der Waals surface area contributed by atoms with E-state index in [2.05, 4.69) is 0 Å². The second-order valence-corrected chi connectivity index (χ2v) is 6.82. The quantitative estimate of drug-likeness (QED) is 0.584. The molecule has 0 heterocycles. The molecule has 2 N–H and O–H groups in total. The number of rotatable bonds is 6. The minimum absolute atomic E-state index is 0.108. The van der Waals surface area contributed by atoms with Crippen molar-refractivity contribution in [3.8, 4) is 5.75 Å². The van der Waals surface area contributed by atoms with E-state index in [1.807, 2.05) is 61.5 Å². The number of hydrogen-bond acceptors (Lipinski definition) is 4. The summed E-state index contributed by atoms with van der Waals surface area (Å²) in [5.74, 6) is 0.0343. The van der Waals surface area contributed by atoms with Crippen LogP contribution in [0.5, 0.6) is 5.75 Å². The number of nitrogens with two attached hydrogens (primary N) is 1. The molecule has 0 saturated heterocycles. The van der Waals surface area contributed by atoms with Gasteiger partial charge in [-0.1, -0.05) is 60.7 Å². The fourth-order valence-corrected chi connectivity index (χ4v) is 2.99.